The first-order valence-electron chi connectivity index (χ1n) is 7.95. The number of carbonyl (C=O) groups excluding carboxylic acids is 1. The van der Waals surface area contributed by atoms with E-state index in [1.165, 1.54) is 0 Å². The van der Waals surface area contributed by atoms with Crippen LogP contribution in [-0.2, 0) is 15.8 Å². The normalized spacial score (nSPS) is 23.1. The lowest BCUT2D eigenvalue weighted by Crippen LogP contribution is -2.41. The van der Waals surface area contributed by atoms with Crippen LogP contribution >= 0.6 is 0 Å². The molecule has 1 aliphatic carbocycles. The summed E-state index contributed by atoms with van der Waals surface area (Å²) >= 11 is -1.94. The molecule has 23 heavy (non-hydrogen) atoms. The Morgan fingerprint density at radius 2 is 1.91 bits per heavy atom. The highest BCUT2D eigenvalue weighted by molar-refractivity contribution is 7.79. The van der Waals surface area contributed by atoms with Crippen molar-refractivity contribution in [1.82, 2.24) is 5.32 Å². The Morgan fingerprint density at radius 1 is 1.26 bits per heavy atom. The minimum atomic E-state index is -1.94. The summed E-state index contributed by atoms with van der Waals surface area (Å²) in [4.78, 5) is 12.3. The molecule has 1 aromatic carbocycles. The maximum absolute atomic E-state index is 11.9. The highest BCUT2D eigenvalue weighted by Gasteiger charge is 2.26. The van der Waals surface area contributed by atoms with Crippen molar-refractivity contribution in [2.45, 2.75) is 68.9 Å². The number of carbonyl (C=O) groups is 1. The molecule has 3 unspecified atom stereocenters. The summed E-state index contributed by atoms with van der Waals surface area (Å²) in [6.45, 7) is 5.55. The summed E-state index contributed by atoms with van der Waals surface area (Å²) in [6, 6.07) is 7.30. The van der Waals surface area contributed by atoms with E-state index in [0.29, 0.717) is 10.8 Å². The predicted octanol–water partition coefficient (Wildman–Crippen LogP) is 3.82. The van der Waals surface area contributed by atoms with Crippen LogP contribution in [0.1, 0.15) is 57.9 Å². The van der Waals surface area contributed by atoms with Gasteiger partial charge in [-0.3, -0.25) is 0 Å². The van der Waals surface area contributed by atoms with Gasteiger partial charge in [-0.05, 0) is 63.6 Å². The van der Waals surface area contributed by atoms with Gasteiger partial charge in [-0.1, -0.05) is 18.6 Å². The predicted molar refractivity (Wildman–Crippen MR) is 89.8 cm³/mol. The van der Waals surface area contributed by atoms with Crippen molar-refractivity contribution in [3.63, 3.8) is 0 Å². The first-order valence-corrected chi connectivity index (χ1v) is 9.05. The smallest absolute Gasteiger partial charge is 0.407 e. The van der Waals surface area contributed by atoms with Gasteiger partial charge in [-0.2, -0.15) is 0 Å². The van der Waals surface area contributed by atoms with Gasteiger partial charge in [0, 0.05) is 6.04 Å². The van der Waals surface area contributed by atoms with Gasteiger partial charge in [0.25, 0.3) is 0 Å². The highest BCUT2D eigenvalue weighted by atomic mass is 32.2. The summed E-state index contributed by atoms with van der Waals surface area (Å²) in [7, 11) is 0. The van der Waals surface area contributed by atoms with Crippen molar-refractivity contribution in [3.05, 3.63) is 29.8 Å². The number of hydrogen-bond acceptors (Lipinski definition) is 3. The maximum Gasteiger partial charge on any atom is 0.407 e. The van der Waals surface area contributed by atoms with Crippen LogP contribution < -0.4 is 5.32 Å². The Morgan fingerprint density at radius 3 is 2.48 bits per heavy atom. The summed E-state index contributed by atoms with van der Waals surface area (Å²) in [5.74, 6) is 0.352. The molecular weight excluding hydrogens is 314 g/mol. The SMILES string of the molecule is CC(C)(C)OC(=O)NC1CCCC(c2ccc(S(=O)O)cc2)C1. The van der Waals surface area contributed by atoms with Gasteiger partial charge in [0.2, 0.25) is 0 Å². The number of alkyl carbamates (subject to hydrolysis) is 1. The lowest BCUT2D eigenvalue weighted by Gasteiger charge is -2.31. The van der Waals surface area contributed by atoms with Gasteiger partial charge in [0.1, 0.15) is 5.60 Å². The fourth-order valence-corrected chi connectivity index (χ4v) is 3.32. The van der Waals surface area contributed by atoms with Crippen LogP contribution in [0, 0.1) is 0 Å². The molecule has 0 radical (unpaired) electrons. The molecule has 0 bridgehead atoms. The van der Waals surface area contributed by atoms with E-state index in [4.69, 9.17) is 9.29 Å². The number of amides is 1. The Bertz CT molecular complexity index is 565. The van der Waals surface area contributed by atoms with Crippen molar-refractivity contribution in [1.29, 1.82) is 0 Å². The number of hydrogen-bond donors (Lipinski definition) is 2. The van der Waals surface area contributed by atoms with Crippen molar-refractivity contribution in [2.75, 3.05) is 0 Å². The molecule has 2 N–H and O–H groups in total. The molecule has 3 atom stereocenters. The first kappa shape index (κ1) is 17.9. The zero-order chi connectivity index (χ0) is 17.0. The number of benzene rings is 1. The van der Waals surface area contributed by atoms with Gasteiger partial charge >= 0.3 is 6.09 Å². The Kier molecular flexibility index (Phi) is 5.81. The zero-order valence-electron chi connectivity index (χ0n) is 13.9. The second-order valence-electron chi connectivity index (χ2n) is 7.02. The molecule has 1 amide bonds. The van der Waals surface area contributed by atoms with Crippen LogP contribution in [0.15, 0.2) is 29.2 Å². The van der Waals surface area contributed by atoms with Gasteiger partial charge in [0.15, 0.2) is 11.1 Å². The van der Waals surface area contributed by atoms with Crippen LogP contribution in [0.2, 0.25) is 0 Å². The van der Waals surface area contributed by atoms with E-state index < -0.39 is 16.7 Å². The number of ether oxygens (including phenoxy) is 1. The van der Waals surface area contributed by atoms with Crippen LogP contribution in [0.5, 0.6) is 0 Å². The highest BCUT2D eigenvalue weighted by Crippen LogP contribution is 2.33. The lowest BCUT2D eigenvalue weighted by molar-refractivity contribution is 0.0490. The second kappa shape index (κ2) is 7.45. The molecule has 6 heteroatoms. The second-order valence-corrected chi connectivity index (χ2v) is 7.99. The molecule has 0 aromatic heterocycles. The Labute approximate surface area is 140 Å². The van der Waals surface area contributed by atoms with Crippen molar-refractivity contribution in [2.24, 2.45) is 0 Å². The average Bonchev–Trinajstić information content (AvgIpc) is 2.45. The summed E-state index contributed by atoms with van der Waals surface area (Å²) in [5, 5.41) is 2.95. The first-order chi connectivity index (χ1) is 10.7. The van der Waals surface area contributed by atoms with Crippen LogP contribution in [-0.4, -0.2) is 26.5 Å². The van der Waals surface area contributed by atoms with E-state index in [2.05, 4.69) is 5.32 Å². The summed E-state index contributed by atoms with van der Waals surface area (Å²) in [6.07, 6.45) is 3.55. The molecule has 1 aromatic rings. The van der Waals surface area contributed by atoms with Crippen molar-refractivity contribution >= 4 is 17.2 Å². The summed E-state index contributed by atoms with van der Waals surface area (Å²) in [5.41, 5.74) is 0.656. The van der Waals surface area contributed by atoms with E-state index in [-0.39, 0.29) is 12.1 Å². The van der Waals surface area contributed by atoms with E-state index in [1.807, 2.05) is 32.9 Å². The van der Waals surface area contributed by atoms with Gasteiger partial charge in [-0.25, -0.2) is 9.00 Å². The molecule has 0 spiro atoms. The fourth-order valence-electron chi connectivity index (χ4n) is 2.95. The molecule has 1 aliphatic rings. The molecule has 0 aliphatic heterocycles. The average molecular weight is 339 g/mol. The van der Waals surface area contributed by atoms with E-state index >= 15 is 0 Å². The Balaban J connectivity index is 1.95. The minimum Gasteiger partial charge on any atom is -0.444 e. The monoisotopic (exact) mass is 339 g/mol. The molecule has 0 heterocycles. The Hall–Kier alpha value is -1.40. The molecule has 1 fully saturated rings. The number of rotatable bonds is 3. The molecule has 1 saturated carbocycles. The lowest BCUT2D eigenvalue weighted by atomic mass is 9.81. The standard InChI is InChI=1S/C17H25NO4S/c1-17(2,3)22-16(19)18-14-6-4-5-13(11-14)12-7-9-15(10-8-12)23(20)21/h7-10,13-14H,4-6,11H2,1-3H3,(H,18,19)(H,20,21). The van der Waals surface area contributed by atoms with E-state index in [9.17, 15) is 9.00 Å². The van der Waals surface area contributed by atoms with Crippen molar-refractivity contribution < 1.29 is 18.3 Å². The molecule has 5 nitrogen and oxygen atoms in total. The minimum absolute atomic E-state index is 0.107. The summed E-state index contributed by atoms with van der Waals surface area (Å²) < 4.78 is 25.4. The quantitative estimate of drug-likeness (QED) is 0.821. The molecule has 128 valence electrons. The third-order valence-electron chi connectivity index (χ3n) is 3.95. The number of nitrogens with one attached hydrogen (secondary N) is 1. The largest absolute Gasteiger partial charge is 0.444 e. The van der Waals surface area contributed by atoms with Gasteiger partial charge in [-0.15, -0.1) is 0 Å². The van der Waals surface area contributed by atoms with E-state index in [1.54, 1.807) is 12.1 Å². The van der Waals surface area contributed by atoms with Gasteiger partial charge < -0.3 is 14.6 Å². The maximum atomic E-state index is 11.9. The van der Waals surface area contributed by atoms with Crippen LogP contribution in [0.4, 0.5) is 4.79 Å². The third kappa shape index (κ3) is 5.62. The topological polar surface area (TPSA) is 75.6 Å². The molecular formula is C17H25NO4S. The third-order valence-corrected chi connectivity index (χ3v) is 4.62. The van der Waals surface area contributed by atoms with E-state index in [0.717, 1.165) is 31.2 Å². The molecule has 2 rings (SSSR count). The van der Waals surface area contributed by atoms with Gasteiger partial charge in [0.05, 0.1) is 4.90 Å². The fraction of sp³-hybridized carbons (Fsp3) is 0.588. The van der Waals surface area contributed by atoms with Crippen LogP contribution in [0.25, 0.3) is 0 Å². The zero-order valence-corrected chi connectivity index (χ0v) is 14.7. The van der Waals surface area contributed by atoms with Crippen LogP contribution in [0.3, 0.4) is 0 Å². The van der Waals surface area contributed by atoms with Crippen molar-refractivity contribution in [3.8, 4) is 0 Å². The molecule has 0 saturated heterocycles.